The molecule has 2 aromatic rings. The van der Waals surface area contributed by atoms with Crippen LogP contribution in [0.5, 0.6) is 0 Å². The Hall–Kier alpha value is -1.67. The number of esters is 1. The minimum Gasteiger partial charge on any atom is -0.465 e. The van der Waals surface area contributed by atoms with E-state index in [1.165, 1.54) is 25.3 Å². The summed E-state index contributed by atoms with van der Waals surface area (Å²) in [6.45, 7) is 0. The van der Waals surface area contributed by atoms with Gasteiger partial charge in [-0.05, 0) is 59.0 Å². The van der Waals surface area contributed by atoms with Crippen LogP contribution in [0.2, 0.25) is 5.02 Å². The second kappa shape index (κ2) is 7.06. The fourth-order valence-corrected chi connectivity index (χ4v) is 2.48. The third kappa shape index (κ3) is 3.75. The number of carbonyl (C=O) groups is 2. The molecule has 2 rings (SSSR count). The molecule has 0 aromatic heterocycles. The molecule has 0 radical (unpaired) electrons. The molecular formula is C15H10ClFINO3. The zero-order valence-electron chi connectivity index (χ0n) is 11.3. The van der Waals surface area contributed by atoms with Crippen molar-refractivity contribution in [2.75, 3.05) is 12.4 Å². The molecule has 0 unspecified atom stereocenters. The molecule has 0 heterocycles. The van der Waals surface area contributed by atoms with E-state index in [0.29, 0.717) is 14.2 Å². The second-order valence-corrected chi connectivity index (χ2v) is 5.86. The molecule has 0 aliphatic carbocycles. The van der Waals surface area contributed by atoms with Gasteiger partial charge in [0, 0.05) is 8.59 Å². The second-order valence-electron chi connectivity index (χ2n) is 4.26. The molecule has 0 saturated heterocycles. The Morgan fingerprint density at radius 3 is 2.64 bits per heavy atom. The van der Waals surface area contributed by atoms with Crippen molar-refractivity contribution in [3.8, 4) is 0 Å². The van der Waals surface area contributed by atoms with Gasteiger partial charge < -0.3 is 10.1 Å². The first-order valence-electron chi connectivity index (χ1n) is 6.06. The summed E-state index contributed by atoms with van der Waals surface area (Å²) in [5.41, 5.74) is 0.347. The number of nitrogens with one attached hydrogen (secondary N) is 1. The van der Waals surface area contributed by atoms with E-state index >= 15 is 0 Å². The molecule has 0 atom stereocenters. The molecule has 1 N–H and O–H groups in total. The van der Waals surface area contributed by atoms with Crippen molar-refractivity contribution in [3.63, 3.8) is 0 Å². The van der Waals surface area contributed by atoms with Gasteiger partial charge >= 0.3 is 5.97 Å². The molecule has 7 heteroatoms. The smallest absolute Gasteiger partial charge is 0.337 e. The number of rotatable bonds is 3. The van der Waals surface area contributed by atoms with Crippen molar-refractivity contribution in [3.05, 3.63) is 61.9 Å². The molecule has 2 aromatic carbocycles. The van der Waals surface area contributed by atoms with E-state index in [-0.39, 0.29) is 11.3 Å². The Morgan fingerprint density at radius 2 is 1.95 bits per heavy atom. The summed E-state index contributed by atoms with van der Waals surface area (Å²) >= 11 is 7.84. The Kier molecular flexibility index (Phi) is 5.36. The third-order valence-corrected chi connectivity index (χ3v) is 3.98. The van der Waals surface area contributed by atoms with E-state index in [9.17, 15) is 14.0 Å². The molecule has 1 amide bonds. The lowest BCUT2D eigenvalue weighted by atomic mass is 10.1. The standard InChI is InChI=1S/C15H10ClFINO3/c1-22-15(21)8-2-4-11(17)13(6-8)19-14(20)10-7-9(16)3-5-12(10)18/h2-7H,1H3,(H,19,20). The van der Waals surface area contributed by atoms with E-state index in [1.54, 1.807) is 12.1 Å². The van der Waals surface area contributed by atoms with Crippen molar-refractivity contribution in [2.24, 2.45) is 0 Å². The average molecular weight is 434 g/mol. The topological polar surface area (TPSA) is 55.4 Å². The van der Waals surface area contributed by atoms with Gasteiger partial charge in [0.15, 0.2) is 0 Å². The molecule has 0 aliphatic rings. The molecule has 0 fully saturated rings. The Morgan fingerprint density at radius 1 is 1.23 bits per heavy atom. The highest BCUT2D eigenvalue weighted by Gasteiger charge is 2.15. The fourth-order valence-electron chi connectivity index (χ4n) is 1.73. The van der Waals surface area contributed by atoms with Crippen molar-refractivity contribution < 1.29 is 18.7 Å². The van der Waals surface area contributed by atoms with Crippen LogP contribution in [0.3, 0.4) is 0 Å². The summed E-state index contributed by atoms with van der Waals surface area (Å²) < 4.78 is 19.0. The summed E-state index contributed by atoms with van der Waals surface area (Å²) in [4.78, 5) is 23.7. The van der Waals surface area contributed by atoms with Gasteiger partial charge in [-0.25, -0.2) is 9.18 Å². The predicted octanol–water partition coefficient (Wildman–Crippen LogP) is 4.12. The summed E-state index contributed by atoms with van der Waals surface area (Å²) in [6.07, 6.45) is 0. The first kappa shape index (κ1) is 16.7. The highest BCUT2D eigenvalue weighted by atomic mass is 127. The third-order valence-electron chi connectivity index (χ3n) is 2.81. The maximum absolute atomic E-state index is 13.8. The van der Waals surface area contributed by atoms with Gasteiger partial charge in [-0.1, -0.05) is 11.6 Å². The lowest BCUT2D eigenvalue weighted by molar-refractivity contribution is 0.0600. The van der Waals surface area contributed by atoms with Gasteiger partial charge in [0.1, 0.15) is 5.82 Å². The number of halogens is 3. The number of hydrogen-bond donors (Lipinski definition) is 1. The maximum Gasteiger partial charge on any atom is 0.337 e. The first-order valence-corrected chi connectivity index (χ1v) is 7.52. The first-order chi connectivity index (χ1) is 10.4. The summed E-state index contributed by atoms with van der Waals surface area (Å²) in [7, 11) is 1.22. The lowest BCUT2D eigenvalue weighted by Gasteiger charge is -2.09. The van der Waals surface area contributed by atoms with Crippen molar-refractivity contribution in [1.29, 1.82) is 0 Å². The van der Waals surface area contributed by atoms with Gasteiger partial charge in [-0.15, -0.1) is 0 Å². The number of hydrogen-bond acceptors (Lipinski definition) is 3. The number of ether oxygens (including phenoxy) is 1. The highest BCUT2D eigenvalue weighted by molar-refractivity contribution is 14.1. The van der Waals surface area contributed by atoms with E-state index in [2.05, 4.69) is 10.1 Å². The Bertz CT molecular complexity index is 752. The molecular weight excluding hydrogens is 424 g/mol. The number of benzene rings is 2. The van der Waals surface area contributed by atoms with Crippen LogP contribution in [0.25, 0.3) is 0 Å². The summed E-state index contributed by atoms with van der Waals surface area (Å²) in [5.74, 6) is -1.79. The monoisotopic (exact) mass is 433 g/mol. The molecule has 4 nitrogen and oxygen atoms in total. The Labute approximate surface area is 144 Å². The van der Waals surface area contributed by atoms with Gasteiger partial charge in [-0.3, -0.25) is 4.79 Å². The van der Waals surface area contributed by atoms with Gasteiger partial charge in [0.2, 0.25) is 0 Å². The number of amides is 1. The number of methoxy groups -OCH3 is 1. The van der Waals surface area contributed by atoms with Gasteiger partial charge in [-0.2, -0.15) is 0 Å². The van der Waals surface area contributed by atoms with Crippen LogP contribution in [0, 0.1) is 9.39 Å². The van der Waals surface area contributed by atoms with Crippen LogP contribution in [-0.2, 0) is 4.74 Å². The molecule has 114 valence electrons. The Balaban J connectivity index is 2.32. The normalized spacial score (nSPS) is 10.2. The van der Waals surface area contributed by atoms with Crippen LogP contribution in [0.4, 0.5) is 10.1 Å². The van der Waals surface area contributed by atoms with Crippen LogP contribution in [0.15, 0.2) is 36.4 Å². The van der Waals surface area contributed by atoms with Crippen LogP contribution < -0.4 is 5.32 Å². The van der Waals surface area contributed by atoms with Crippen LogP contribution in [-0.4, -0.2) is 19.0 Å². The molecule has 0 saturated carbocycles. The van der Waals surface area contributed by atoms with Gasteiger partial charge in [0.25, 0.3) is 5.91 Å². The van der Waals surface area contributed by atoms with Crippen molar-refractivity contribution in [2.45, 2.75) is 0 Å². The van der Waals surface area contributed by atoms with Crippen LogP contribution >= 0.6 is 34.2 Å². The number of anilines is 1. The summed E-state index contributed by atoms with van der Waals surface area (Å²) in [6, 6.07) is 8.40. The van der Waals surface area contributed by atoms with Crippen molar-refractivity contribution >= 4 is 51.8 Å². The molecule has 0 bridgehead atoms. The van der Waals surface area contributed by atoms with Gasteiger partial charge in [0.05, 0.1) is 23.9 Å². The predicted molar refractivity (Wildman–Crippen MR) is 89.9 cm³/mol. The largest absolute Gasteiger partial charge is 0.465 e. The number of carbonyl (C=O) groups excluding carboxylic acids is 2. The average Bonchev–Trinajstić information content (AvgIpc) is 2.50. The molecule has 0 spiro atoms. The van der Waals surface area contributed by atoms with E-state index in [4.69, 9.17) is 11.6 Å². The minimum atomic E-state index is -0.655. The minimum absolute atomic E-state index is 0.108. The van der Waals surface area contributed by atoms with Crippen LogP contribution in [0.1, 0.15) is 20.7 Å². The molecule has 22 heavy (non-hydrogen) atoms. The molecule has 0 aliphatic heterocycles. The van der Waals surface area contributed by atoms with E-state index in [1.807, 2.05) is 22.6 Å². The lowest BCUT2D eigenvalue weighted by Crippen LogP contribution is -2.15. The zero-order chi connectivity index (χ0) is 16.3. The van der Waals surface area contributed by atoms with E-state index in [0.717, 1.165) is 6.07 Å². The zero-order valence-corrected chi connectivity index (χ0v) is 14.2. The SMILES string of the molecule is COC(=O)c1ccc(F)c(NC(=O)c2cc(Cl)ccc2I)c1. The fraction of sp³-hybridized carbons (Fsp3) is 0.0667. The quantitative estimate of drug-likeness (QED) is 0.585. The van der Waals surface area contributed by atoms with Crippen molar-refractivity contribution in [1.82, 2.24) is 0 Å². The summed E-state index contributed by atoms with van der Waals surface area (Å²) in [5, 5.41) is 2.83. The van der Waals surface area contributed by atoms with E-state index < -0.39 is 17.7 Å². The maximum atomic E-state index is 13.8. The highest BCUT2D eigenvalue weighted by Crippen LogP contribution is 2.21.